The lowest BCUT2D eigenvalue weighted by molar-refractivity contribution is -0.122. The molecule has 2 rings (SSSR count). The highest BCUT2D eigenvalue weighted by molar-refractivity contribution is 7.92. The molecule has 7 heteroatoms. The molecule has 152 valence electrons. The van der Waals surface area contributed by atoms with Crippen molar-refractivity contribution in [2.24, 2.45) is 0 Å². The van der Waals surface area contributed by atoms with Crippen LogP contribution in [-0.2, 0) is 21.2 Å². The Balaban J connectivity index is 1.93. The summed E-state index contributed by atoms with van der Waals surface area (Å²) in [6.07, 6.45) is 3.78. The number of rotatable bonds is 9. The largest absolute Gasteiger partial charge is 0.481 e. The van der Waals surface area contributed by atoms with Crippen LogP contribution in [0.1, 0.15) is 32.3 Å². The summed E-state index contributed by atoms with van der Waals surface area (Å²) in [6, 6.07) is 14.4. The molecule has 0 unspecified atom stereocenters. The van der Waals surface area contributed by atoms with Gasteiger partial charge in [0.05, 0.1) is 11.9 Å². The minimum atomic E-state index is -3.32. The number of sulfonamides is 1. The molecule has 6 nitrogen and oxygen atoms in total. The van der Waals surface area contributed by atoms with E-state index in [2.05, 4.69) is 12.2 Å². The highest BCUT2D eigenvalue weighted by Gasteiger charge is 2.16. The number of hydrogen-bond acceptors (Lipinski definition) is 4. The van der Waals surface area contributed by atoms with Gasteiger partial charge in [0, 0.05) is 12.7 Å². The predicted octanol–water partition coefficient (Wildman–Crippen LogP) is 3.83. The number of anilines is 2. The minimum absolute atomic E-state index is 0.251. The zero-order valence-corrected chi connectivity index (χ0v) is 17.6. The van der Waals surface area contributed by atoms with Crippen LogP contribution in [0.3, 0.4) is 0 Å². The first-order valence-corrected chi connectivity index (χ1v) is 11.2. The van der Waals surface area contributed by atoms with Gasteiger partial charge < -0.3 is 10.1 Å². The van der Waals surface area contributed by atoms with E-state index in [1.165, 1.54) is 16.9 Å². The number of hydrogen-bond donors (Lipinski definition) is 1. The van der Waals surface area contributed by atoms with E-state index in [1.807, 2.05) is 24.3 Å². The molecule has 0 saturated heterocycles. The molecule has 0 saturated carbocycles. The first kappa shape index (κ1) is 21.8. The van der Waals surface area contributed by atoms with Gasteiger partial charge in [-0.3, -0.25) is 9.10 Å². The molecule has 1 amide bonds. The van der Waals surface area contributed by atoms with E-state index in [0.717, 1.165) is 31.2 Å². The molecule has 28 heavy (non-hydrogen) atoms. The van der Waals surface area contributed by atoms with Gasteiger partial charge in [-0.05, 0) is 61.7 Å². The summed E-state index contributed by atoms with van der Waals surface area (Å²) in [5.74, 6) is 0.238. The van der Waals surface area contributed by atoms with Gasteiger partial charge in [0.25, 0.3) is 5.91 Å². The second-order valence-corrected chi connectivity index (χ2v) is 8.79. The van der Waals surface area contributed by atoms with Gasteiger partial charge in [-0.25, -0.2) is 8.42 Å². The predicted molar refractivity (Wildman–Crippen MR) is 113 cm³/mol. The van der Waals surface area contributed by atoms with Crippen LogP contribution < -0.4 is 14.4 Å². The summed E-state index contributed by atoms with van der Waals surface area (Å²) in [6.45, 7) is 3.83. The molecule has 0 aromatic heterocycles. The number of carbonyl (C=O) groups excluding carboxylic acids is 1. The van der Waals surface area contributed by atoms with E-state index < -0.39 is 16.1 Å². The zero-order chi connectivity index (χ0) is 20.7. The number of unbranched alkanes of at least 4 members (excludes halogenated alkanes) is 1. The summed E-state index contributed by atoms with van der Waals surface area (Å²) in [5, 5.41) is 2.84. The fourth-order valence-electron chi connectivity index (χ4n) is 2.56. The van der Waals surface area contributed by atoms with Crippen molar-refractivity contribution in [3.8, 4) is 5.75 Å². The quantitative estimate of drug-likeness (QED) is 0.689. The smallest absolute Gasteiger partial charge is 0.265 e. The molecule has 0 aliphatic carbocycles. The number of nitrogens with zero attached hydrogens (tertiary/aromatic N) is 1. The maximum Gasteiger partial charge on any atom is 0.265 e. The van der Waals surface area contributed by atoms with Crippen LogP contribution in [0.25, 0.3) is 0 Å². The third-order valence-electron chi connectivity index (χ3n) is 4.42. The van der Waals surface area contributed by atoms with Gasteiger partial charge >= 0.3 is 0 Å². The van der Waals surface area contributed by atoms with Crippen LogP contribution in [0.5, 0.6) is 5.75 Å². The van der Waals surface area contributed by atoms with Crippen molar-refractivity contribution in [3.63, 3.8) is 0 Å². The van der Waals surface area contributed by atoms with Crippen molar-refractivity contribution in [2.45, 2.75) is 39.2 Å². The van der Waals surface area contributed by atoms with Gasteiger partial charge in [0.15, 0.2) is 6.10 Å². The maximum atomic E-state index is 12.4. The molecular weight excluding hydrogens is 376 g/mol. The lowest BCUT2D eigenvalue weighted by Crippen LogP contribution is -2.30. The topological polar surface area (TPSA) is 75.7 Å². The van der Waals surface area contributed by atoms with Crippen molar-refractivity contribution >= 4 is 27.3 Å². The second-order valence-electron chi connectivity index (χ2n) is 6.77. The van der Waals surface area contributed by atoms with Crippen LogP contribution in [0.15, 0.2) is 48.5 Å². The van der Waals surface area contributed by atoms with Gasteiger partial charge in [-0.1, -0.05) is 25.5 Å². The third kappa shape index (κ3) is 6.27. The maximum absolute atomic E-state index is 12.4. The average molecular weight is 405 g/mol. The summed E-state index contributed by atoms with van der Waals surface area (Å²) in [4.78, 5) is 12.4. The van der Waals surface area contributed by atoms with Gasteiger partial charge in [0.1, 0.15) is 5.75 Å². The van der Waals surface area contributed by atoms with Crippen LogP contribution in [0.4, 0.5) is 11.4 Å². The Bertz CT molecular complexity index is 878. The van der Waals surface area contributed by atoms with Gasteiger partial charge in [0.2, 0.25) is 10.0 Å². The Hall–Kier alpha value is -2.54. The molecule has 2 aromatic rings. The number of benzene rings is 2. The van der Waals surface area contributed by atoms with Gasteiger partial charge in [-0.15, -0.1) is 0 Å². The monoisotopic (exact) mass is 404 g/mol. The number of nitrogens with one attached hydrogen (secondary N) is 1. The Kier molecular flexibility index (Phi) is 7.45. The fourth-order valence-corrected chi connectivity index (χ4v) is 3.07. The highest BCUT2D eigenvalue weighted by atomic mass is 32.2. The molecular formula is C21H28N2O4S. The molecule has 0 aliphatic rings. The van der Waals surface area contributed by atoms with Crippen LogP contribution in [-0.4, -0.2) is 33.7 Å². The molecule has 0 bridgehead atoms. The average Bonchev–Trinajstić information content (AvgIpc) is 2.66. The molecule has 0 aliphatic heterocycles. The zero-order valence-electron chi connectivity index (χ0n) is 16.8. The second kappa shape index (κ2) is 9.59. The molecule has 0 heterocycles. The molecule has 0 spiro atoms. The summed E-state index contributed by atoms with van der Waals surface area (Å²) in [5.41, 5.74) is 2.50. The molecule has 0 radical (unpaired) electrons. The molecule has 1 atom stereocenters. The third-order valence-corrected chi connectivity index (χ3v) is 5.63. The van der Waals surface area contributed by atoms with Crippen molar-refractivity contribution in [2.75, 3.05) is 22.9 Å². The van der Waals surface area contributed by atoms with E-state index in [4.69, 9.17) is 4.74 Å². The van der Waals surface area contributed by atoms with Crippen molar-refractivity contribution in [1.82, 2.24) is 0 Å². The Morgan fingerprint density at radius 3 is 2.25 bits per heavy atom. The number of amides is 1. The number of carbonyl (C=O) groups is 1. The molecule has 1 N–H and O–H groups in total. The van der Waals surface area contributed by atoms with Crippen molar-refractivity contribution < 1.29 is 17.9 Å². The summed E-state index contributed by atoms with van der Waals surface area (Å²) < 4.78 is 30.0. The normalized spacial score (nSPS) is 12.3. The first-order valence-electron chi connectivity index (χ1n) is 9.31. The standard InChI is InChI=1S/C21H28N2O4S/c1-5-6-7-17-8-10-18(11-9-17)22-21(24)16(2)27-20-14-12-19(13-15-20)23(3)28(4,25)26/h8-16H,5-7H2,1-4H3,(H,22,24)/t16-/m1/s1. The Morgan fingerprint density at radius 1 is 1.11 bits per heavy atom. The number of ether oxygens (including phenoxy) is 1. The van der Waals surface area contributed by atoms with E-state index in [-0.39, 0.29) is 5.91 Å². The molecule has 0 fully saturated rings. The fraction of sp³-hybridized carbons (Fsp3) is 0.381. The lowest BCUT2D eigenvalue weighted by Gasteiger charge is -2.18. The van der Waals surface area contributed by atoms with Crippen molar-refractivity contribution in [1.29, 1.82) is 0 Å². The molecule has 2 aromatic carbocycles. The summed E-state index contributed by atoms with van der Waals surface area (Å²) >= 11 is 0. The van der Waals surface area contributed by atoms with Crippen LogP contribution >= 0.6 is 0 Å². The van der Waals surface area contributed by atoms with Crippen molar-refractivity contribution in [3.05, 3.63) is 54.1 Å². The van der Waals surface area contributed by atoms with E-state index in [9.17, 15) is 13.2 Å². The summed E-state index contributed by atoms with van der Waals surface area (Å²) in [7, 11) is -1.84. The van der Waals surface area contributed by atoms with E-state index in [0.29, 0.717) is 11.4 Å². The van der Waals surface area contributed by atoms with E-state index >= 15 is 0 Å². The lowest BCUT2D eigenvalue weighted by atomic mass is 10.1. The minimum Gasteiger partial charge on any atom is -0.481 e. The Morgan fingerprint density at radius 2 is 1.71 bits per heavy atom. The SMILES string of the molecule is CCCCc1ccc(NC(=O)[C@@H](C)Oc2ccc(N(C)S(C)(=O)=O)cc2)cc1. The highest BCUT2D eigenvalue weighted by Crippen LogP contribution is 2.21. The van der Waals surface area contributed by atoms with Gasteiger partial charge in [-0.2, -0.15) is 0 Å². The van der Waals surface area contributed by atoms with E-state index in [1.54, 1.807) is 31.2 Å². The van der Waals surface area contributed by atoms with Crippen LogP contribution in [0, 0.1) is 0 Å². The van der Waals surface area contributed by atoms with Crippen LogP contribution in [0.2, 0.25) is 0 Å². The first-order chi connectivity index (χ1) is 13.2. The number of aryl methyl sites for hydroxylation is 1. The Labute approximate surface area is 167 Å².